The zero-order valence-electron chi connectivity index (χ0n) is 15.4. The molecule has 27 heavy (non-hydrogen) atoms. The summed E-state index contributed by atoms with van der Waals surface area (Å²) < 4.78 is 5.06. The Morgan fingerprint density at radius 3 is 2.33 bits per heavy atom. The van der Waals surface area contributed by atoms with Crippen molar-refractivity contribution in [1.29, 1.82) is 0 Å². The second-order valence-corrected chi connectivity index (χ2v) is 5.90. The first-order chi connectivity index (χ1) is 12.8. The fourth-order valence-electron chi connectivity index (χ4n) is 2.57. The smallest absolute Gasteiger partial charge is 0.338 e. The van der Waals surface area contributed by atoms with Gasteiger partial charge >= 0.3 is 5.97 Å². The Bertz CT molecular complexity index is 836. The molecular formula is C19H21N3O5. The molecule has 8 heteroatoms. The van der Waals surface area contributed by atoms with Gasteiger partial charge in [0.2, 0.25) is 0 Å². The van der Waals surface area contributed by atoms with Crippen LogP contribution >= 0.6 is 0 Å². The zero-order chi connectivity index (χ0) is 20.0. The van der Waals surface area contributed by atoms with Crippen molar-refractivity contribution in [3.05, 3.63) is 64.2 Å². The molecule has 0 fully saturated rings. The van der Waals surface area contributed by atoms with E-state index in [-0.39, 0.29) is 17.2 Å². The Hall–Kier alpha value is -3.42. The first kappa shape index (κ1) is 19.9. The number of hydrogen-bond acceptors (Lipinski definition) is 6. The maximum atomic E-state index is 12.4. The fourth-order valence-corrected chi connectivity index (χ4v) is 2.57. The van der Waals surface area contributed by atoms with Gasteiger partial charge in [-0.15, -0.1) is 0 Å². The van der Waals surface area contributed by atoms with Crippen LogP contribution in [0.25, 0.3) is 0 Å². The zero-order valence-corrected chi connectivity index (χ0v) is 15.4. The van der Waals surface area contributed by atoms with E-state index in [1.54, 1.807) is 31.1 Å². The molecule has 0 atom stereocenters. The van der Waals surface area contributed by atoms with Crippen LogP contribution in [0.1, 0.15) is 17.3 Å². The van der Waals surface area contributed by atoms with Crippen LogP contribution in [0, 0.1) is 10.1 Å². The van der Waals surface area contributed by atoms with Crippen LogP contribution in [-0.2, 0) is 9.53 Å². The molecule has 2 rings (SSSR count). The lowest BCUT2D eigenvalue weighted by Gasteiger charge is -2.20. The molecule has 0 saturated heterocycles. The minimum Gasteiger partial charge on any atom is -0.452 e. The predicted octanol–water partition coefficient (Wildman–Crippen LogP) is 2.87. The van der Waals surface area contributed by atoms with Crippen molar-refractivity contribution in [2.24, 2.45) is 0 Å². The molecule has 0 N–H and O–H groups in total. The highest BCUT2D eigenvalue weighted by atomic mass is 16.6. The Labute approximate surface area is 157 Å². The number of benzene rings is 2. The number of carbonyl (C=O) groups excluding carboxylic acids is 2. The quantitative estimate of drug-likeness (QED) is 0.422. The maximum Gasteiger partial charge on any atom is 0.338 e. The number of likely N-dealkylation sites (N-methyl/N-ethyl adjacent to an activating group) is 1. The van der Waals surface area contributed by atoms with Crippen LogP contribution in [0.15, 0.2) is 48.5 Å². The lowest BCUT2D eigenvalue weighted by atomic mass is 10.1. The molecule has 1 amide bonds. The minimum atomic E-state index is -0.791. The summed E-state index contributed by atoms with van der Waals surface area (Å²) in [6, 6.07) is 13.1. The lowest BCUT2D eigenvalue weighted by molar-refractivity contribution is -0.384. The predicted molar refractivity (Wildman–Crippen MR) is 102 cm³/mol. The van der Waals surface area contributed by atoms with Gasteiger partial charge in [0.05, 0.1) is 10.5 Å². The van der Waals surface area contributed by atoms with Gasteiger partial charge < -0.3 is 14.5 Å². The Morgan fingerprint density at radius 2 is 1.78 bits per heavy atom. The Balaban J connectivity index is 2.10. The highest BCUT2D eigenvalue weighted by Gasteiger charge is 2.21. The molecule has 0 aromatic heterocycles. The Kier molecular flexibility index (Phi) is 6.48. The summed E-state index contributed by atoms with van der Waals surface area (Å²) in [6.07, 6.45) is 0. The summed E-state index contributed by atoms with van der Waals surface area (Å²) >= 11 is 0. The largest absolute Gasteiger partial charge is 0.452 e. The molecule has 0 heterocycles. The minimum absolute atomic E-state index is 0.0165. The molecule has 0 radical (unpaired) electrons. The standard InChI is InChI=1S/C19H21N3O5/c1-4-21(15-8-6-5-7-9-15)18(23)13-27-19(24)14-10-11-16(20(2)3)17(12-14)22(25)26/h5-12H,4,13H2,1-3H3. The number of nitrogens with zero attached hydrogens (tertiary/aromatic N) is 3. The van der Waals surface area contributed by atoms with Gasteiger partial charge in [-0.1, -0.05) is 18.2 Å². The first-order valence-electron chi connectivity index (χ1n) is 8.33. The third-order valence-electron chi connectivity index (χ3n) is 3.90. The summed E-state index contributed by atoms with van der Waals surface area (Å²) in [5, 5.41) is 11.2. The molecule has 0 unspecified atom stereocenters. The number of rotatable bonds is 7. The summed E-state index contributed by atoms with van der Waals surface area (Å²) in [6.45, 7) is 1.78. The third-order valence-corrected chi connectivity index (χ3v) is 3.90. The van der Waals surface area contributed by atoms with E-state index in [2.05, 4.69) is 0 Å². The van der Waals surface area contributed by atoms with E-state index in [0.717, 1.165) is 6.07 Å². The molecule has 142 valence electrons. The molecule has 0 bridgehead atoms. The second kappa shape index (κ2) is 8.79. The van der Waals surface area contributed by atoms with E-state index in [1.807, 2.05) is 25.1 Å². The fraction of sp³-hybridized carbons (Fsp3) is 0.263. The van der Waals surface area contributed by atoms with Crippen LogP contribution in [0.3, 0.4) is 0 Å². The van der Waals surface area contributed by atoms with Crippen molar-refractivity contribution in [3.8, 4) is 0 Å². The summed E-state index contributed by atoms with van der Waals surface area (Å²) in [4.78, 5) is 38.3. The van der Waals surface area contributed by atoms with Crippen molar-refractivity contribution in [2.45, 2.75) is 6.92 Å². The van der Waals surface area contributed by atoms with Crippen LogP contribution in [-0.4, -0.2) is 44.0 Å². The van der Waals surface area contributed by atoms with Crippen molar-refractivity contribution in [2.75, 3.05) is 37.0 Å². The summed E-state index contributed by atoms with van der Waals surface area (Å²) in [5.41, 5.74) is 0.879. The van der Waals surface area contributed by atoms with E-state index < -0.39 is 17.5 Å². The molecule has 8 nitrogen and oxygen atoms in total. The van der Waals surface area contributed by atoms with Crippen molar-refractivity contribution in [1.82, 2.24) is 0 Å². The van der Waals surface area contributed by atoms with Gasteiger partial charge in [0.15, 0.2) is 6.61 Å². The topological polar surface area (TPSA) is 93.0 Å². The normalized spacial score (nSPS) is 10.2. The second-order valence-electron chi connectivity index (χ2n) is 5.90. The SMILES string of the molecule is CCN(C(=O)COC(=O)c1ccc(N(C)C)c([N+](=O)[O-])c1)c1ccccc1. The monoisotopic (exact) mass is 371 g/mol. The average Bonchev–Trinajstić information content (AvgIpc) is 2.66. The number of para-hydroxylation sites is 1. The van der Waals surface area contributed by atoms with E-state index in [9.17, 15) is 19.7 Å². The Morgan fingerprint density at radius 1 is 1.11 bits per heavy atom. The lowest BCUT2D eigenvalue weighted by Crippen LogP contribution is -2.34. The van der Waals surface area contributed by atoms with Crippen LogP contribution in [0.4, 0.5) is 17.1 Å². The number of anilines is 2. The highest BCUT2D eigenvalue weighted by Crippen LogP contribution is 2.28. The van der Waals surface area contributed by atoms with E-state index in [0.29, 0.717) is 17.9 Å². The third kappa shape index (κ3) is 4.81. The number of nitro benzene ring substituents is 1. The number of nitro groups is 1. The highest BCUT2D eigenvalue weighted by molar-refractivity contribution is 5.97. The van der Waals surface area contributed by atoms with Crippen molar-refractivity contribution >= 4 is 28.9 Å². The van der Waals surface area contributed by atoms with Gasteiger partial charge in [-0.2, -0.15) is 0 Å². The molecule has 0 spiro atoms. The number of ether oxygens (including phenoxy) is 1. The number of esters is 1. The van der Waals surface area contributed by atoms with E-state index >= 15 is 0 Å². The molecule has 0 aliphatic carbocycles. The maximum absolute atomic E-state index is 12.4. The van der Waals surface area contributed by atoms with Gasteiger partial charge in [-0.3, -0.25) is 14.9 Å². The summed E-state index contributed by atoms with van der Waals surface area (Å²) in [7, 11) is 3.34. The summed E-state index contributed by atoms with van der Waals surface area (Å²) in [5.74, 6) is -1.17. The number of hydrogen-bond donors (Lipinski definition) is 0. The first-order valence-corrected chi connectivity index (χ1v) is 8.33. The molecule has 0 aliphatic heterocycles. The van der Waals surface area contributed by atoms with Gasteiger partial charge in [0, 0.05) is 32.4 Å². The molecule has 0 aliphatic rings. The molecule has 2 aromatic rings. The van der Waals surface area contributed by atoms with E-state index in [1.165, 1.54) is 17.0 Å². The van der Waals surface area contributed by atoms with Crippen LogP contribution < -0.4 is 9.80 Å². The number of carbonyl (C=O) groups is 2. The van der Waals surface area contributed by atoms with Gasteiger partial charge in [0.25, 0.3) is 11.6 Å². The van der Waals surface area contributed by atoms with E-state index in [4.69, 9.17) is 4.74 Å². The van der Waals surface area contributed by atoms with Crippen molar-refractivity contribution < 1.29 is 19.2 Å². The molecule has 0 saturated carbocycles. The van der Waals surface area contributed by atoms with Crippen molar-refractivity contribution in [3.63, 3.8) is 0 Å². The van der Waals surface area contributed by atoms with Crippen LogP contribution in [0.5, 0.6) is 0 Å². The molecule has 2 aromatic carbocycles. The average molecular weight is 371 g/mol. The molecular weight excluding hydrogens is 350 g/mol. The van der Waals surface area contributed by atoms with Gasteiger partial charge in [-0.25, -0.2) is 4.79 Å². The van der Waals surface area contributed by atoms with Gasteiger partial charge in [0.1, 0.15) is 5.69 Å². The van der Waals surface area contributed by atoms with Crippen LogP contribution in [0.2, 0.25) is 0 Å². The number of amides is 1. The van der Waals surface area contributed by atoms with Gasteiger partial charge in [-0.05, 0) is 31.2 Å².